The average molecular weight is 378 g/mol. The second kappa shape index (κ2) is 7.72. The van der Waals surface area contributed by atoms with Crippen molar-refractivity contribution in [2.24, 2.45) is 0 Å². The molecule has 1 aromatic heterocycles. The molecule has 9 heteroatoms. The lowest BCUT2D eigenvalue weighted by Crippen LogP contribution is -2.45. The Kier molecular flexibility index (Phi) is 5.18. The lowest BCUT2D eigenvalue weighted by Gasteiger charge is -2.29. The maximum absolute atomic E-state index is 14.1. The minimum atomic E-state index is -0.656. The second-order valence-corrected chi connectivity index (χ2v) is 6.22. The van der Waals surface area contributed by atoms with Gasteiger partial charge in [0.05, 0.1) is 29.9 Å². The number of fused-ring (bicyclic) bond motifs is 1. The van der Waals surface area contributed by atoms with E-state index in [1.165, 1.54) is 23.2 Å². The van der Waals surface area contributed by atoms with Crippen molar-refractivity contribution >= 4 is 17.6 Å². The van der Waals surface area contributed by atoms with E-state index < -0.39 is 23.8 Å². The van der Waals surface area contributed by atoms with E-state index in [1.807, 2.05) is 12.1 Å². The molecule has 1 aliphatic rings. The molecule has 8 nitrogen and oxygen atoms in total. The van der Waals surface area contributed by atoms with E-state index >= 15 is 0 Å². The lowest BCUT2D eigenvalue weighted by atomic mass is 10.1. The third kappa shape index (κ3) is 3.74. The van der Waals surface area contributed by atoms with E-state index in [2.05, 4.69) is 15.6 Å². The molecule has 0 fully saturated rings. The van der Waals surface area contributed by atoms with Crippen LogP contribution in [0.1, 0.15) is 35.3 Å². The van der Waals surface area contributed by atoms with Crippen LogP contribution in [0.25, 0.3) is 0 Å². The molecule has 140 valence electrons. The van der Waals surface area contributed by atoms with Crippen molar-refractivity contribution in [2.45, 2.75) is 19.5 Å². The number of carbonyl (C=O) groups excluding carboxylic acids is 2. The molecule has 0 bridgehead atoms. The van der Waals surface area contributed by atoms with Crippen molar-refractivity contribution in [3.8, 4) is 12.1 Å². The smallest absolute Gasteiger partial charge is 0.322 e. The Labute approximate surface area is 160 Å². The molecule has 0 spiro atoms. The van der Waals surface area contributed by atoms with E-state index in [4.69, 9.17) is 10.5 Å². The number of hydrogen-bond donors (Lipinski definition) is 2. The Morgan fingerprint density at radius 3 is 2.86 bits per heavy atom. The van der Waals surface area contributed by atoms with Crippen LogP contribution in [0.4, 0.5) is 14.9 Å². The molecular formula is C19H15FN6O2. The summed E-state index contributed by atoms with van der Waals surface area (Å²) in [4.78, 5) is 29.8. The van der Waals surface area contributed by atoms with Gasteiger partial charge in [-0.05, 0) is 25.1 Å². The Hall–Kier alpha value is -3.98. The van der Waals surface area contributed by atoms with Gasteiger partial charge in [0.1, 0.15) is 24.1 Å². The number of anilines is 1. The van der Waals surface area contributed by atoms with E-state index in [1.54, 1.807) is 13.0 Å². The summed E-state index contributed by atoms with van der Waals surface area (Å²) in [5, 5.41) is 23.2. The molecule has 3 amide bonds. The number of aromatic nitrogens is 1. The van der Waals surface area contributed by atoms with Gasteiger partial charge in [0.15, 0.2) is 0 Å². The molecule has 1 aliphatic heterocycles. The van der Waals surface area contributed by atoms with Crippen LogP contribution in [0, 0.1) is 28.5 Å². The van der Waals surface area contributed by atoms with Crippen LogP contribution in [0.5, 0.6) is 0 Å². The predicted octanol–water partition coefficient (Wildman–Crippen LogP) is 2.19. The summed E-state index contributed by atoms with van der Waals surface area (Å²) >= 11 is 0. The Bertz CT molecular complexity index is 1040. The summed E-state index contributed by atoms with van der Waals surface area (Å²) in [5.74, 6) is -1.08. The van der Waals surface area contributed by atoms with E-state index in [-0.39, 0.29) is 29.9 Å². The van der Waals surface area contributed by atoms with E-state index in [0.717, 1.165) is 6.07 Å². The summed E-state index contributed by atoms with van der Waals surface area (Å²) < 4.78 is 14.1. The Balaban J connectivity index is 1.69. The van der Waals surface area contributed by atoms with E-state index in [9.17, 15) is 14.0 Å². The number of pyridine rings is 1. The molecule has 0 unspecified atom stereocenters. The lowest BCUT2D eigenvalue weighted by molar-refractivity contribution is -0.122. The molecular weight excluding hydrogens is 363 g/mol. The summed E-state index contributed by atoms with van der Waals surface area (Å²) in [6, 6.07) is 8.26. The summed E-state index contributed by atoms with van der Waals surface area (Å²) in [7, 11) is 0. The number of rotatable bonds is 4. The van der Waals surface area contributed by atoms with Crippen LogP contribution in [-0.4, -0.2) is 28.4 Å². The minimum absolute atomic E-state index is 0.0604. The van der Waals surface area contributed by atoms with Crippen LogP contribution in [0.2, 0.25) is 0 Å². The van der Waals surface area contributed by atoms with Crippen molar-refractivity contribution in [1.82, 2.24) is 15.2 Å². The molecule has 2 aromatic rings. The minimum Gasteiger partial charge on any atom is -0.348 e. The fraction of sp³-hybridized carbons (Fsp3) is 0.211. The Morgan fingerprint density at radius 1 is 1.39 bits per heavy atom. The van der Waals surface area contributed by atoms with Crippen LogP contribution in [0.15, 0.2) is 30.5 Å². The van der Waals surface area contributed by atoms with Crippen LogP contribution in [-0.2, 0) is 11.3 Å². The van der Waals surface area contributed by atoms with Gasteiger partial charge in [-0.3, -0.25) is 4.79 Å². The molecule has 3 rings (SSSR count). The predicted molar refractivity (Wildman–Crippen MR) is 96.1 cm³/mol. The number of nitriles is 2. The first-order valence-electron chi connectivity index (χ1n) is 8.35. The average Bonchev–Trinajstić information content (AvgIpc) is 2.67. The summed E-state index contributed by atoms with van der Waals surface area (Å²) in [5.41, 5.74) is 1.61. The Morgan fingerprint density at radius 2 is 2.18 bits per heavy atom. The molecule has 1 aromatic carbocycles. The van der Waals surface area contributed by atoms with Gasteiger partial charge in [0.25, 0.3) is 0 Å². The SMILES string of the molecule is C[C@@H](NC(=O)CN1Cc2c(ccnc2C#N)NC1=O)c1ccc(C#N)cc1F. The summed E-state index contributed by atoms with van der Waals surface area (Å²) in [6.07, 6.45) is 1.42. The first kappa shape index (κ1) is 18.8. The molecule has 0 aliphatic carbocycles. The maximum Gasteiger partial charge on any atom is 0.322 e. The zero-order valence-electron chi connectivity index (χ0n) is 14.9. The van der Waals surface area contributed by atoms with Gasteiger partial charge in [-0.25, -0.2) is 14.2 Å². The highest BCUT2D eigenvalue weighted by Gasteiger charge is 2.27. The van der Waals surface area contributed by atoms with Crippen LogP contribution < -0.4 is 10.6 Å². The second-order valence-electron chi connectivity index (χ2n) is 6.22. The summed E-state index contributed by atoms with van der Waals surface area (Å²) in [6.45, 7) is 1.39. The zero-order valence-corrected chi connectivity index (χ0v) is 14.9. The fourth-order valence-electron chi connectivity index (χ4n) is 2.94. The standard InChI is InChI=1S/C19H15FN6O2/c1-11(13-3-2-12(7-21)6-15(13)20)24-18(27)10-26-9-14-16(25-19(26)28)4-5-23-17(14)8-22/h2-6,11H,9-10H2,1H3,(H,24,27)(H,25,28)/t11-/m1/s1. The molecule has 0 saturated carbocycles. The monoisotopic (exact) mass is 378 g/mol. The van der Waals surface area contributed by atoms with Crippen molar-refractivity contribution in [3.63, 3.8) is 0 Å². The zero-order chi connectivity index (χ0) is 20.3. The van der Waals surface area contributed by atoms with Crippen molar-refractivity contribution < 1.29 is 14.0 Å². The largest absolute Gasteiger partial charge is 0.348 e. The third-order valence-electron chi connectivity index (χ3n) is 4.35. The molecule has 28 heavy (non-hydrogen) atoms. The molecule has 2 N–H and O–H groups in total. The molecule has 0 radical (unpaired) electrons. The van der Waals surface area contributed by atoms with Gasteiger partial charge in [-0.2, -0.15) is 10.5 Å². The van der Waals surface area contributed by atoms with Gasteiger partial charge in [-0.15, -0.1) is 0 Å². The molecule has 1 atom stereocenters. The fourth-order valence-corrected chi connectivity index (χ4v) is 2.94. The van der Waals surface area contributed by atoms with Gasteiger partial charge < -0.3 is 15.5 Å². The third-order valence-corrected chi connectivity index (χ3v) is 4.35. The highest BCUT2D eigenvalue weighted by atomic mass is 19.1. The maximum atomic E-state index is 14.1. The molecule has 0 saturated heterocycles. The van der Waals surface area contributed by atoms with Crippen LogP contribution >= 0.6 is 0 Å². The van der Waals surface area contributed by atoms with Gasteiger partial charge in [0, 0.05) is 17.3 Å². The number of hydrogen-bond acceptors (Lipinski definition) is 5. The van der Waals surface area contributed by atoms with Gasteiger partial charge in [-0.1, -0.05) is 6.07 Å². The van der Waals surface area contributed by atoms with Gasteiger partial charge in [0.2, 0.25) is 5.91 Å². The number of halogens is 1. The van der Waals surface area contributed by atoms with Crippen molar-refractivity contribution in [1.29, 1.82) is 10.5 Å². The topological polar surface area (TPSA) is 122 Å². The highest BCUT2D eigenvalue weighted by Crippen LogP contribution is 2.25. The first-order chi connectivity index (χ1) is 13.4. The first-order valence-corrected chi connectivity index (χ1v) is 8.35. The number of carbonyl (C=O) groups is 2. The number of nitrogens with zero attached hydrogens (tertiary/aromatic N) is 4. The number of amides is 3. The van der Waals surface area contributed by atoms with Gasteiger partial charge >= 0.3 is 6.03 Å². The van der Waals surface area contributed by atoms with Crippen molar-refractivity contribution in [3.05, 3.63) is 58.7 Å². The number of nitrogens with one attached hydrogen (secondary N) is 2. The van der Waals surface area contributed by atoms with Crippen molar-refractivity contribution in [2.75, 3.05) is 11.9 Å². The highest BCUT2D eigenvalue weighted by molar-refractivity contribution is 5.95. The normalized spacial score (nSPS) is 13.6. The number of benzene rings is 1. The molecule has 2 heterocycles. The van der Waals surface area contributed by atoms with Crippen LogP contribution in [0.3, 0.4) is 0 Å². The van der Waals surface area contributed by atoms with E-state index in [0.29, 0.717) is 11.3 Å². The quantitative estimate of drug-likeness (QED) is 0.844. The number of urea groups is 1.